The van der Waals surface area contributed by atoms with E-state index in [1.807, 2.05) is 0 Å². The maximum atomic E-state index is 12.4. The van der Waals surface area contributed by atoms with E-state index in [1.54, 1.807) is 6.07 Å². The average Bonchev–Trinajstić information content (AvgIpc) is 2.49. The fourth-order valence-corrected chi connectivity index (χ4v) is 6.83. The molecule has 0 unspecified atom stereocenters. The Kier molecular flexibility index (Phi) is 4.48. The van der Waals surface area contributed by atoms with Crippen LogP contribution in [0.15, 0.2) is 18.5 Å². The lowest BCUT2D eigenvalue weighted by Crippen LogP contribution is -2.34. The van der Waals surface area contributed by atoms with Crippen LogP contribution in [0.1, 0.15) is 6.42 Å². The van der Waals surface area contributed by atoms with E-state index >= 15 is 0 Å². The first kappa shape index (κ1) is 14.4. The molecule has 0 atom stereocenters. The van der Waals surface area contributed by atoms with E-state index in [0.717, 1.165) is 3.79 Å². The quantitative estimate of drug-likeness (QED) is 0.797. The highest BCUT2D eigenvalue weighted by atomic mass is 79.9. The lowest BCUT2D eigenvalue weighted by molar-refractivity contribution is -0.120. The highest BCUT2D eigenvalue weighted by Crippen LogP contribution is 2.36. The summed E-state index contributed by atoms with van der Waals surface area (Å²) in [5.41, 5.74) is 0. The third-order valence-corrected chi connectivity index (χ3v) is 7.17. The van der Waals surface area contributed by atoms with Gasteiger partial charge in [0.1, 0.15) is 4.90 Å². The van der Waals surface area contributed by atoms with Gasteiger partial charge in [-0.15, -0.1) is 11.3 Å². The zero-order valence-corrected chi connectivity index (χ0v) is 14.0. The minimum absolute atomic E-state index is 0.113. The fourth-order valence-electron chi connectivity index (χ4n) is 1.63. The van der Waals surface area contributed by atoms with E-state index in [2.05, 4.69) is 37.2 Å². The molecule has 1 aliphatic heterocycles. The Hall–Kier alpha value is 0.0400. The van der Waals surface area contributed by atoms with Gasteiger partial charge in [0, 0.05) is 26.1 Å². The van der Waals surface area contributed by atoms with Gasteiger partial charge in [0.05, 0.1) is 7.57 Å². The molecular formula is C9H10Br2N2O3S2. The molecule has 0 bridgehead atoms. The zero-order valence-electron chi connectivity index (χ0n) is 9.15. The summed E-state index contributed by atoms with van der Waals surface area (Å²) in [6, 6.07) is 1.57. The van der Waals surface area contributed by atoms with Crippen LogP contribution in [0.3, 0.4) is 0 Å². The van der Waals surface area contributed by atoms with Crippen LogP contribution in [-0.2, 0) is 14.8 Å². The van der Waals surface area contributed by atoms with Gasteiger partial charge in [-0.3, -0.25) is 4.79 Å². The molecule has 0 aliphatic carbocycles. The van der Waals surface area contributed by atoms with Gasteiger partial charge in [-0.25, -0.2) is 8.42 Å². The van der Waals surface area contributed by atoms with Crippen molar-refractivity contribution in [3.63, 3.8) is 0 Å². The smallest absolute Gasteiger partial charge is 0.245 e. The van der Waals surface area contributed by atoms with Gasteiger partial charge >= 0.3 is 0 Å². The van der Waals surface area contributed by atoms with E-state index in [1.165, 1.54) is 15.6 Å². The molecular weight excluding hydrogens is 408 g/mol. The van der Waals surface area contributed by atoms with Crippen LogP contribution in [-0.4, -0.2) is 38.3 Å². The molecule has 1 aromatic rings. The number of hydrogen-bond acceptors (Lipinski definition) is 4. The van der Waals surface area contributed by atoms with E-state index < -0.39 is 10.0 Å². The SMILES string of the molecule is O=C1CCN(S(=O)(=O)c2cc(Br)sc2Br)CCN1. The molecule has 1 saturated heterocycles. The van der Waals surface area contributed by atoms with Gasteiger partial charge in [-0.05, 0) is 37.9 Å². The van der Waals surface area contributed by atoms with Gasteiger partial charge in [-0.2, -0.15) is 4.31 Å². The number of sulfonamides is 1. The molecule has 1 fully saturated rings. The number of carbonyl (C=O) groups is 1. The first-order valence-corrected chi connectivity index (χ1v) is 8.97. The van der Waals surface area contributed by atoms with Crippen molar-refractivity contribution < 1.29 is 13.2 Å². The van der Waals surface area contributed by atoms with Gasteiger partial charge in [0.25, 0.3) is 0 Å². The normalized spacial score (nSPS) is 18.4. The molecule has 9 heteroatoms. The molecule has 18 heavy (non-hydrogen) atoms. The summed E-state index contributed by atoms with van der Waals surface area (Å²) in [7, 11) is -3.54. The Bertz CT molecular complexity index is 570. The van der Waals surface area contributed by atoms with Crippen molar-refractivity contribution in [2.75, 3.05) is 19.6 Å². The van der Waals surface area contributed by atoms with Crippen LogP contribution >= 0.6 is 43.2 Å². The van der Waals surface area contributed by atoms with Crippen LogP contribution < -0.4 is 5.32 Å². The Balaban J connectivity index is 2.30. The Morgan fingerprint density at radius 1 is 1.33 bits per heavy atom. The summed E-state index contributed by atoms with van der Waals surface area (Å²) in [6.45, 7) is 0.864. The molecule has 100 valence electrons. The van der Waals surface area contributed by atoms with Crippen molar-refractivity contribution in [1.82, 2.24) is 9.62 Å². The van der Waals surface area contributed by atoms with Crippen LogP contribution in [0.25, 0.3) is 0 Å². The fraction of sp³-hybridized carbons (Fsp3) is 0.444. The number of amides is 1. The lowest BCUT2D eigenvalue weighted by Gasteiger charge is -2.18. The van der Waals surface area contributed by atoms with Crippen molar-refractivity contribution in [3.05, 3.63) is 13.6 Å². The standard InChI is InChI=1S/C9H10Br2N2O3S2/c10-7-5-6(9(11)17-7)18(15,16)13-3-1-8(14)12-2-4-13/h5H,1-4H2,(H,12,14). The number of hydrogen-bond donors (Lipinski definition) is 1. The van der Waals surface area contributed by atoms with Gasteiger partial charge in [0.2, 0.25) is 15.9 Å². The third kappa shape index (κ3) is 2.96. The maximum Gasteiger partial charge on any atom is 0.245 e. The van der Waals surface area contributed by atoms with Crippen molar-refractivity contribution >= 4 is 59.1 Å². The second kappa shape index (κ2) is 5.58. The number of carbonyl (C=O) groups excluding carboxylic acids is 1. The van der Waals surface area contributed by atoms with Gasteiger partial charge in [-0.1, -0.05) is 0 Å². The molecule has 1 N–H and O–H groups in total. The largest absolute Gasteiger partial charge is 0.355 e. The molecule has 1 aliphatic rings. The number of nitrogens with one attached hydrogen (secondary N) is 1. The van der Waals surface area contributed by atoms with Crippen LogP contribution in [0.4, 0.5) is 0 Å². The first-order valence-electron chi connectivity index (χ1n) is 5.13. The van der Waals surface area contributed by atoms with E-state index in [4.69, 9.17) is 0 Å². The summed E-state index contributed by atoms with van der Waals surface area (Å²) >= 11 is 7.83. The molecule has 2 rings (SSSR count). The van der Waals surface area contributed by atoms with Crippen LogP contribution in [0.2, 0.25) is 0 Å². The zero-order chi connectivity index (χ0) is 13.3. The third-order valence-electron chi connectivity index (χ3n) is 2.51. The monoisotopic (exact) mass is 416 g/mol. The molecule has 0 aromatic carbocycles. The molecule has 0 spiro atoms. The number of rotatable bonds is 2. The minimum Gasteiger partial charge on any atom is -0.355 e. The molecule has 0 saturated carbocycles. The predicted molar refractivity (Wildman–Crippen MR) is 76.1 cm³/mol. The summed E-state index contributed by atoms with van der Waals surface area (Å²) in [5.74, 6) is -0.113. The predicted octanol–water partition coefficient (Wildman–Crippen LogP) is 1.78. The molecule has 1 aromatic heterocycles. The Morgan fingerprint density at radius 3 is 2.67 bits per heavy atom. The topological polar surface area (TPSA) is 66.5 Å². The van der Waals surface area contributed by atoms with Gasteiger partial charge < -0.3 is 5.32 Å². The second-order valence-corrected chi connectivity index (χ2v) is 9.35. The van der Waals surface area contributed by atoms with E-state index in [9.17, 15) is 13.2 Å². The maximum absolute atomic E-state index is 12.4. The van der Waals surface area contributed by atoms with Crippen molar-refractivity contribution in [2.45, 2.75) is 11.3 Å². The summed E-state index contributed by atoms with van der Waals surface area (Å²) in [5, 5.41) is 2.65. The number of thiophene rings is 1. The number of halogens is 2. The van der Waals surface area contributed by atoms with Gasteiger partial charge in [0.15, 0.2) is 0 Å². The van der Waals surface area contributed by atoms with Crippen molar-refractivity contribution in [1.29, 1.82) is 0 Å². The molecule has 0 radical (unpaired) electrons. The molecule has 1 amide bonds. The molecule has 2 heterocycles. The van der Waals surface area contributed by atoms with E-state index in [0.29, 0.717) is 16.9 Å². The lowest BCUT2D eigenvalue weighted by atomic mass is 10.4. The average molecular weight is 418 g/mol. The highest BCUT2D eigenvalue weighted by Gasteiger charge is 2.29. The van der Waals surface area contributed by atoms with Crippen LogP contribution in [0.5, 0.6) is 0 Å². The summed E-state index contributed by atoms with van der Waals surface area (Å²) in [6.07, 6.45) is 0.197. The second-order valence-electron chi connectivity index (χ2n) is 3.69. The molecule has 5 nitrogen and oxygen atoms in total. The van der Waals surface area contributed by atoms with Crippen molar-refractivity contribution in [2.24, 2.45) is 0 Å². The van der Waals surface area contributed by atoms with Crippen LogP contribution in [0, 0.1) is 0 Å². The minimum atomic E-state index is -3.54. The first-order chi connectivity index (χ1) is 8.41. The summed E-state index contributed by atoms with van der Waals surface area (Å²) < 4.78 is 27.5. The highest BCUT2D eigenvalue weighted by molar-refractivity contribution is 9.12. The summed E-state index contributed by atoms with van der Waals surface area (Å²) in [4.78, 5) is 11.5. The Morgan fingerprint density at radius 2 is 2.06 bits per heavy atom. The van der Waals surface area contributed by atoms with Crippen molar-refractivity contribution in [3.8, 4) is 0 Å². The van der Waals surface area contributed by atoms with E-state index in [-0.39, 0.29) is 23.8 Å². The number of nitrogens with zero attached hydrogens (tertiary/aromatic N) is 1. The Labute approximate surface area is 126 Å².